The Bertz CT molecular complexity index is 1020. The molecule has 0 fully saturated rings. The molecule has 1 aromatic heterocycles. The van der Waals surface area contributed by atoms with Gasteiger partial charge in [0.15, 0.2) is 5.13 Å². The molecule has 0 aliphatic carbocycles. The molecule has 0 unspecified atom stereocenters. The van der Waals surface area contributed by atoms with Gasteiger partial charge < -0.3 is 15.3 Å². The van der Waals surface area contributed by atoms with Gasteiger partial charge in [0.1, 0.15) is 12.3 Å². The van der Waals surface area contributed by atoms with Gasteiger partial charge in [0.05, 0.1) is 17.1 Å². The van der Waals surface area contributed by atoms with Gasteiger partial charge in [-0.1, -0.05) is 24.3 Å². The average molecular weight is 397 g/mol. The van der Waals surface area contributed by atoms with Crippen molar-refractivity contribution in [2.45, 2.75) is 4.90 Å². The molecule has 8 heteroatoms. The number of amides is 2. The molecule has 2 N–H and O–H groups in total. The summed E-state index contributed by atoms with van der Waals surface area (Å²) in [6, 6.07) is 14.3. The predicted molar refractivity (Wildman–Crippen MR) is 107 cm³/mol. The Kier molecular flexibility index (Phi) is 4.83. The normalized spacial score (nSPS) is 13.3. The van der Waals surface area contributed by atoms with Crippen LogP contribution >= 0.6 is 23.1 Å². The van der Waals surface area contributed by atoms with Crippen LogP contribution in [0.3, 0.4) is 0 Å². The van der Waals surface area contributed by atoms with E-state index in [1.807, 2.05) is 35.7 Å². The molecule has 136 valence electrons. The number of nitrogens with one attached hydrogen (secondary N) is 1. The molecule has 2 aromatic carbocycles. The van der Waals surface area contributed by atoms with Crippen molar-refractivity contribution in [3.63, 3.8) is 0 Å². The highest BCUT2D eigenvalue weighted by atomic mass is 32.2. The lowest BCUT2D eigenvalue weighted by atomic mass is 10.2. The van der Waals surface area contributed by atoms with Crippen LogP contribution in [0.25, 0.3) is 11.3 Å². The molecule has 1 aliphatic rings. The third-order valence-corrected chi connectivity index (χ3v) is 5.81. The van der Waals surface area contributed by atoms with Crippen molar-refractivity contribution in [1.29, 1.82) is 0 Å². The van der Waals surface area contributed by atoms with Gasteiger partial charge in [0, 0.05) is 15.8 Å². The third-order valence-electron chi connectivity index (χ3n) is 4.00. The molecule has 0 radical (unpaired) electrons. The van der Waals surface area contributed by atoms with Crippen molar-refractivity contribution in [3.8, 4) is 17.0 Å². The van der Waals surface area contributed by atoms with Gasteiger partial charge >= 0.3 is 0 Å². The average Bonchev–Trinajstić information content (AvgIpc) is 3.12. The fraction of sp³-hybridized carbons (Fsp3) is 0.105. The van der Waals surface area contributed by atoms with Crippen LogP contribution in [0.1, 0.15) is 0 Å². The highest BCUT2D eigenvalue weighted by molar-refractivity contribution is 8.00. The van der Waals surface area contributed by atoms with Crippen LogP contribution in [0.15, 0.2) is 58.8 Å². The molecular weight excluding hydrogens is 382 g/mol. The SMILES string of the molecule is O=C(CN1C(=O)CSc2ccccc21)Nc1nc(-c2cccc(O)c2)cs1. The Morgan fingerprint density at radius 2 is 2.07 bits per heavy atom. The summed E-state index contributed by atoms with van der Waals surface area (Å²) in [5, 5.41) is 14.6. The minimum absolute atomic E-state index is 0.0581. The number of rotatable bonds is 4. The summed E-state index contributed by atoms with van der Waals surface area (Å²) < 4.78 is 0. The van der Waals surface area contributed by atoms with E-state index in [0.29, 0.717) is 16.6 Å². The highest BCUT2D eigenvalue weighted by Gasteiger charge is 2.26. The number of aromatic hydroxyl groups is 1. The summed E-state index contributed by atoms with van der Waals surface area (Å²) in [5.74, 6) is 0.0879. The minimum Gasteiger partial charge on any atom is -0.508 e. The van der Waals surface area contributed by atoms with E-state index in [1.54, 1.807) is 18.2 Å². The first-order chi connectivity index (χ1) is 13.1. The number of carbonyl (C=O) groups is 2. The molecule has 6 nitrogen and oxygen atoms in total. The van der Waals surface area contributed by atoms with Crippen LogP contribution in [0.4, 0.5) is 10.8 Å². The van der Waals surface area contributed by atoms with Gasteiger partial charge in [-0.25, -0.2) is 4.98 Å². The number of carbonyl (C=O) groups excluding carboxylic acids is 2. The zero-order chi connectivity index (χ0) is 18.8. The molecule has 0 saturated heterocycles. The summed E-state index contributed by atoms with van der Waals surface area (Å²) in [5.41, 5.74) is 2.19. The number of thiazole rings is 1. The molecule has 0 atom stereocenters. The number of anilines is 2. The standard InChI is InChI=1S/C19H15N3O3S2/c23-13-5-3-4-12(8-13)14-10-27-19(20-14)21-17(24)9-22-15-6-1-2-7-16(15)26-11-18(22)25/h1-8,10,23H,9,11H2,(H,20,21,24). The topological polar surface area (TPSA) is 82.5 Å². The summed E-state index contributed by atoms with van der Waals surface area (Å²) >= 11 is 2.77. The van der Waals surface area contributed by atoms with Crippen LogP contribution in [0.2, 0.25) is 0 Å². The van der Waals surface area contributed by atoms with E-state index in [1.165, 1.54) is 28.0 Å². The number of para-hydroxylation sites is 1. The number of thioether (sulfide) groups is 1. The molecule has 0 spiro atoms. The van der Waals surface area contributed by atoms with Gasteiger partial charge in [-0.05, 0) is 24.3 Å². The number of fused-ring (bicyclic) bond motifs is 1. The molecule has 1 aliphatic heterocycles. The van der Waals surface area contributed by atoms with Crippen LogP contribution < -0.4 is 10.2 Å². The number of phenolic OH excluding ortho intramolecular Hbond substituents is 1. The lowest BCUT2D eigenvalue weighted by Gasteiger charge is -2.28. The number of phenols is 1. The van der Waals surface area contributed by atoms with E-state index in [2.05, 4.69) is 10.3 Å². The van der Waals surface area contributed by atoms with Crippen molar-refractivity contribution in [1.82, 2.24) is 4.98 Å². The molecule has 27 heavy (non-hydrogen) atoms. The maximum absolute atomic E-state index is 12.5. The minimum atomic E-state index is -0.304. The van der Waals surface area contributed by atoms with Crippen molar-refractivity contribution < 1.29 is 14.7 Å². The Morgan fingerprint density at radius 1 is 1.22 bits per heavy atom. The van der Waals surface area contributed by atoms with Crippen LogP contribution in [-0.4, -0.2) is 34.2 Å². The third kappa shape index (κ3) is 3.81. The van der Waals surface area contributed by atoms with E-state index >= 15 is 0 Å². The molecule has 0 saturated carbocycles. The van der Waals surface area contributed by atoms with Gasteiger partial charge in [-0.2, -0.15) is 0 Å². The first-order valence-corrected chi connectivity index (χ1v) is 10.0. The predicted octanol–water partition coefficient (Wildman–Crippen LogP) is 3.59. The maximum atomic E-state index is 12.5. The fourth-order valence-corrected chi connectivity index (χ4v) is 4.43. The van der Waals surface area contributed by atoms with Crippen LogP contribution in [-0.2, 0) is 9.59 Å². The number of aromatic nitrogens is 1. The summed E-state index contributed by atoms with van der Waals surface area (Å²) in [6.07, 6.45) is 0. The Balaban J connectivity index is 1.47. The van der Waals surface area contributed by atoms with E-state index in [0.717, 1.165) is 16.1 Å². The smallest absolute Gasteiger partial charge is 0.246 e. The van der Waals surface area contributed by atoms with Crippen molar-refractivity contribution in [2.75, 3.05) is 22.5 Å². The van der Waals surface area contributed by atoms with Gasteiger partial charge in [0.25, 0.3) is 0 Å². The van der Waals surface area contributed by atoms with Crippen molar-refractivity contribution >= 4 is 45.7 Å². The van der Waals surface area contributed by atoms with E-state index < -0.39 is 0 Å². The lowest BCUT2D eigenvalue weighted by Crippen LogP contribution is -2.41. The van der Waals surface area contributed by atoms with E-state index in [-0.39, 0.29) is 24.1 Å². The number of nitrogens with zero attached hydrogens (tertiary/aromatic N) is 2. The first-order valence-electron chi connectivity index (χ1n) is 8.17. The summed E-state index contributed by atoms with van der Waals surface area (Å²) in [7, 11) is 0. The zero-order valence-corrected chi connectivity index (χ0v) is 15.7. The van der Waals surface area contributed by atoms with Gasteiger partial charge in [-0.3, -0.25) is 9.59 Å². The number of benzene rings is 2. The summed E-state index contributed by atoms with van der Waals surface area (Å²) in [6.45, 7) is -0.0581. The molecule has 3 aromatic rings. The van der Waals surface area contributed by atoms with E-state index in [4.69, 9.17) is 0 Å². The zero-order valence-electron chi connectivity index (χ0n) is 14.1. The molecule has 4 rings (SSSR count). The second-order valence-electron chi connectivity index (χ2n) is 5.87. The first kappa shape index (κ1) is 17.6. The fourth-order valence-electron chi connectivity index (χ4n) is 2.76. The molecule has 0 bridgehead atoms. The van der Waals surface area contributed by atoms with Crippen LogP contribution in [0.5, 0.6) is 5.75 Å². The largest absolute Gasteiger partial charge is 0.508 e. The quantitative estimate of drug-likeness (QED) is 0.703. The summed E-state index contributed by atoms with van der Waals surface area (Å²) in [4.78, 5) is 31.6. The maximum Gasteiger partial charge on any atom is 0.246 e. The molecular formula is C19H15N3O3S2. The van der Waals surface area contributed by atoms with Gasteiger partial charge in [0.2, 0.25) is 11.8 Å². The number of hydrogen-bond acceptors (Lipinski definition) is 6. The Morgan fingerprint density at radius 3 is 2.93 bits per heavy atom. The highest BCUT2D eigenvalue weighted by Crippen LogP contribution is 2.34. The van der Waals surface area contributed by atoms with Gasteiger partial charge in [-0.15, -0.1) is 23.1 Å². The second kappa shape index (κ2) is 7.42. The van der Waals surface area contributed by atoms with E-state index in [9.17, 15) is 14.7 Å². The monoisotopic (exact) mass is 397 g/mol. The van der Waals surface area contributed by atoms with Crippen LogP contribution in [0, 0.1) is 0 Å². The molecule has 2 amide bonds. The molecule has 2 heterocycles. The Labute approximate surface area is 163 Å². The Hall–Kier alpha value is -2.84. The van der Waals surface area contributed by atoms with Crippen molar-refractivity contribution in [3.05, 3.63) is 53.9 Å². The number of hydrogen-bond donors (Lipinski definition) is 2. The lowest BCUT2D eigenvalue weighted by molar-refractivity contribution is -0.120. The van der Waals surface area contributed by atoms with Crippen molar-refractivity contribution in [2.24, 2.45) is 0 Å². The second-order valence-corrected chi connectivity index (χ2v) is 7.75.